The van der Waals surface area contributed by atoms with Crippen LogP contribution in [0.4, 0.5) is 10.1 Å². The Balaban J connectivity index is 2.33. The highest BCUT2D eigenvalue weighted by atomic mass is 79.9. The van der Waals surface area contributed by atoms with E-state index in [1.807, 2.05) is 6.07 Å². The summed E-state index contributed by atoms with van der Waals surface area (Å²) in [5.74, 6) is -1.63. The van der Waals surface area contributed by atoms with Gasteiger partial charge in [-0.2, -0.15) is 5.26 Å². The number of hydrogen-bond donors (Lipinski definition) is 2. The quantitative estimate of drug-likeness (QED) is 0.899. The van der Waals surface area contributed by atoms with Gasteiger partial charge in [0.1, 0.15) is 11.6 Å². The second kappa shape index (κ2) is 4.00. The van der Waals surface area contributed by atoms with Crippen LogP contribution in [0.15, 0.2) is 16.6 Å². The minimum Gasteiger partial charge on any atom is -0.480 e. The first-order valence-corrected chi connectivity index (χ1v) is 5.69. The van der Waals surface area contributed by atoms with E-state index < -0.39 is 17.3 Å². The highest BCUT2D eigenvalue weighted by Crippen LogP contribution is 2.40. The molecule has 1 aliphatic carbocycles. The normalized spacial score (nSPS) is 16.1. The van der Waals surface area contributed by atoms with Gasteiger partial charge in [0, 0.05) is 0 Å². The van der Waals surface area contributed by atoms with Gasteiger partial charge in [0.2, 0.25) is 0 Å². The van der Waals surface area contributed by atoms with E-state index in [0.717, 1.165) is 0 Å². The van der Waals surface area contributed by atoms with Gasteiger partial charge in [0.25, 0.3) is 0 Å². The van der Waals surface area contributed by atoms with Crippen molar-refractivity contribution in [2.24, 2.45) is 0 Å². The molecule has 0 amide bonds. The first kappa shape index (κ1) is 11.9. The molecule has 0 atom stereocenters. The number of carbonyl (C=O) groups is 1. The van der Waals surface area contributed by atoms with E-state index in [-0.39, 0.29) is 15.7 Å². The number of carboxylic acid groups (broad SMARTS) is 1. The van der Waals surface area contributed by atoms with Crippen LogP contribution in [0.3, 0.4) is 0 Å². The number of nitrogens with zero attached hydrogens (tertiary/aromatic N) is 1. The zero-order valence-electron chi connectivity index (χ0n) is 8.63. The van der Waals surface area contributed by atoms with Gasteiger partial charge < -0.3 is 10.4 Å². The van der Waals surface area contributed by atoms with Gasteiger partial charge in [-0.15, -0.1) is 0 Å². The average molecular weight is 299 g/mol. The van der Waals surface area contributed by atoms with Crippen LogP contribution in [0.25, 0.3) is 0 Å². The van der Waals surface area contributed by atoms with Crippen LogP contribution in [0.2, 0.25) is 0 Å². The molecule has 1 saturated carbocycles. The molecule has 0 saturated heterocycles. The summed E-state index contributed by atoms with van der Waals surface area (Å²) in [6.07, 6.45) is 0.943. The second-order valence-electron chi connectivity index (χ2n) is 3.91. The minimum atomic E-state index is -1.05. The molecule has 0 aliphatic heterocycles. The summed E-state index contributed by atoms with van der Waals surface area (Å²) in [7, 11) is 0. The Labute approximate surface area is 105 Å². The molecule has 0 aromatic heterocycles. The SMILES string of the molecule is N#Cc1ccc(NC2(C(=O)O)CC2)c(F)c1Br. The monoisotopic (exact) mass is 298 g/mol. The van der Waals surface area contributed by atoms with E-state index in [0.29, 0.717) is 12.8 Å². The van der Waals surface area contributed by atoms with Gasteiger partial charge >= 0.3 is 5.97 Å². The summed E-state index contributed by atoms with van der Waals surface area (Å²) in [6.45, 7) is 0. The standard InChI is InChI=1S/C11H8BrFN2O2/c12-8-6(5-14)1-2-7(9(8)13)15-11(3-4-11)10(16)17/h1-2,15H,3-4H2,(H,16,17). The van der Waals surface area contributed by atoms with Crippen LogP contribution in [-0.2, 0) is 4.79 Å². The predicted octanol–water partition coefficient (Wildman–Crippen LogP) is 2.49. The Hall–Kier alpha value is -1.61. The fourth-order valence-electron chi connectivity index (χ4n) is 1.51. The van der Waals surface area contributed by atoms with Crippen molar-refractivity contribution in [2.45, 2.75) is 18.4 Å². The summed E-state index contributed by atoms with van der Waals surface area (Å²) >= 11 is 2.97. The third-order valence-electron chi connectivity index (χ3n) is 2.74. The van der Waals surface area contributed by atoms with Gasteiger partial charge in [-0.1, -0.05) is 0 Å². The van der Waals surface area contributed by atoms with Gasteiger partial charge in [0.15, 0.2) is 5.82 Å². The molecule has 6 heteroatoms. The number of nitrogens with one attached hydrogen (secondary N) is 1. The maximum absolute atomic E-state index is 13.8. The minimum absolute atomic E-state index is 0.0474. The molecule has 1 fully saturated rings. The second-order valence-corrected chi connectivity index (χ2v) is 4.71. The van der Waals surface area contributed by atoms with Crippen molar-refractivity contribution in [1.29, 1.82) is 5.26 Å². The lowest BCUT2D eigenvalue weighted by molar-refractivity contribution is -0.138. The van der Waals surface area contributed by atoms with Crippen molar-refractivity contribution in [1.82, 2.24) is 0 Å². The van der Waals surface area contributed by atoms with E-state index in [4.69, 9.17) is 10.4 Å². The van der Waals surface area contributed by atoms with E-state index in [2.05, 4.69) is 21.2 Å². The van der Waals surface area contributed by atoms with E-state index in [1.54, 1.807) is 0 Å². The highest BCUT2D eigenvalue weighted by Gasteiger charge is 2.50. The zero-order chi connectivity index (χ0) is 12.6. The summed E-state index contributed by atoms with van der Waals surface area (Å²) in [6, 6.07) is 4.65. The van der Waals surface area contributed by atoms with Crippen LogP contribution in [-0.4, -0.2) is 16.6 Å². The lowest BCUT2D eigenvalue weighted by atomic mass is 10.2. The van der Waals surface area contributed by atoms with Crippen LogP contribution in [0, 0.1) is 17.1 Å². The Bertz CT molecular complexity index is 535. The molecule has 0 radical (unpaired) electrons. The van der Waals surface area contributed by atoms with Crippen LogP contribution in [0.1, 0.15) is 18.4 Å². The Morgan fingerprint density at radius 3 is 2.71 bits per heavy atom. The van der Waals surface area contributed by atoms with Crippen LogP contribution < -0.4 is 5.32 Å². The Kier molecular flexibility index (Phi) is 2.79. The summed E-state index contributed by atoms with van der Waals surface area (Å²) in [5, 5.41) is 20.4. The van der Waals surface area contributed by atoms with E-state index >= 15 is 0 Å². The van der Waals surface area contributed by atoms with E-state index in [1.165, 1.54) is 12.1 Å². The summed E-state index contributed by atoms with van der Waals surface area (Å²) < 4.78 is 13.9. The molecule has 0 spiro atoms. The zero-order valence-corrected chi connectivity index (χ0v) is 10.2. The van der Waals surface area contributed by atoms with Crippen molar-refractivity contribution in [3.05, 3.63) is 28.0 Å². The predicted molar refractivity (Wildman–Crippen MR) is 62.0 cm³/mol. The maximum Gasteiger partial charge on any atom is 0.329 e. The van der Waals surface area contributed by atoms with Gasteiger partial charge in [0.05, 0.1) is 15.7 Å². The van der Waals surface area contributed by atoms with Crippen molar-refractivity contribution >= 4 is 27.6 Å². The molecule has 88 valence electrons. The molecule has 0 bridgehead atoms. The number of rotatable bonds is 3. The number of carboxylic acids is 1. The van der Waals surface area contributed by atoms with Gasteiger partial charge in [-0.3, -0.25) is 0 Å². The summed E-state index contributed by atoms with van der Waals surface area (Å²) in [5.41, 5.74) is -0.780. The number of anilines is 1. The molecule has 1 aromatic carbocycles. The first-order valence-electron chi connectivity index (χ1n) is 4.90. The van der Waals surface area contributed by atoms with Crippen molar-refractivity contribution in [3.63, 3.8) is 0 Å². The molecule has 2 rings (SSSR count). The number of halogens is 2. The molecule has 0 unspecified atom stereocenters. The fourth-order valence-corrected chi connectivity index (χ4v) is 1.94. The number of hydrogen-bond acceptors (Lipinski definition) is 3. The molecular weight excluding hydrogens is 291 g/mol. The number of nitriles is 1. The third-order valence-corrected chi connectivity index (χ3v) is 3.51. The average Bonchev–Trinajstić information content (AvgIpc) is 3.06. The number of aliphatic carboxylic acids is 1. The lowest BCUT2D eigenvalue weighted by Crippen LogP contribution is -2.31. The molecule has 17 heavy (non-hydrogen) atoms. The topological polar surface area (TPSA) is 73.1 Å². The third kappa shape index (κ3) is 1.98. The lowest BCUT2D eigenvalue weighted by Gasteiger charge is -2.15. The van der Waals surface area contributed by atoms with Crippen LogP contribution in [0.5, 0.6) is 0 Å². The molecule has 0 heterocycles. The number of benzene rings is 1. The van der Waals surface area contributed by atoms with Crippen molar-refractivity contribution in [3.8, 4) is 6.07 Å². The first-order chi connectivity index (χ1) is 8.00. The maximum atomic E-state index is 13.8. The van der Waals surface area contributed by atoms with Gasteiger partial charge in [-0.05, 0) is 40.9 Å². The largest absolute Gasteiger partial charge is 0.480 e. The molecule has 1 aromatic rings. The highest BCUT2D eigenvalue weighted by molar-refractivity contribution is 9.10. The smallest absolute Gasteiger partial charge is 0.329 e. The molecular formula is C11H8BrFN2O2. The molecule has 4 nitrogen and oxygen atoms in total. The summed E-state index contributed by atoms with van der Waals surface area (Å²) in [4.78, 5) is 11.0. The molecule has 1 aliphatic rings. The van der Waals surface area contributed by atoms with Crippen molar-refractivity contribution < 1.29 is 14.3 Å². The Morgan fingerprint density at radius 2 is 2.24 bits per heavy atom. The fraction of sp³-hybridized carbons (Fsp3) is 0.273. The van der Waals surface area contributed by atoms with E-state index in [9.17, 15) is 9.18 Å². The van der Waals surface area contributed by atoms with Crippen LogP contribution >= 0.6 is 15.9 Å². The van der Waals surface area contributed by atoms with Gasteiger partial charge in [-0.25, -0.2) is 9.18 Å². The van der Waals surface area contributed by atoms with Crippen molar-refractivity contribution in [2.75, 3.05) is 5.32 Å². The Morgan fingerprint density at radius 1 is 1.59 bits per heavy atom. The molecule has 2 N–H and O–H groups in total.